The van der Waals surface area contributed by atoms with Gasteiger partial charge < -0.3 is 21.1 Å². The third-order valence-corrected chi connectivity index (χ3v) is 11.4. The highest BCUT2D eigenvalue weighted by atomic mass is 16.6. The van der Waals surface area contributed by atoms with Crippen molar-refractivity contribution in [2.75, 3.05) is 5.73 Å². The van der Waals surface area contributed by atoms with Gasteiger partial charge in [-0.05, 0) is 166 Å². The maximum absolute atomic E-state index is 11.5. The van der Waals surface area contributed by atoms with Gasteiger partial charge in [0.05, 0.1) is 50.1 Å². The van der Waals surface area contributed by atoms with Crippen LogP contribution in [0.25, 0.3) is 27.2 Å². The fourth-order valence-electron chi connectivity index (χ4n) is 7.61. The van der Waals surface area contributed by atoms with E-state index >= 15 is 0 Å². The Hall–Kier alpha value is -8.73. The molecule has 0 aliphatic heterocycles. The number of hydrogen-bond acceptors (Lipinski definition) is 15. The van der Waals surface area contributed by atoms with Crippen LogP contribution in [0.4, 0.5) is 56.9 Å². The van der Waals surface area contributed by atoms with Gasteiger partial charge in [0.15, 0.2) is 17.2 Å². The second kappa shape index (κ2) is 17.4. The first-order chi connectivity index (χ1) is 31.5. The zero-order valence-electron chi connectivity index (χ0n) is 37.3. The summed E-state index contributed by atoms with van der Waals surface area (Å²) in [5.74, 6) is -0.336. The zero-order valence-corrected chi connectivity index (χ0v) is 37.3. The summed E-state index contributed by atoms with van der Waals surface area (Å²) >= 11 is 0. The Morgan fingerprint density at radius 1 is 0.545 bits per heavy atom. The molecule has 0 fully saturated rings. The van der Waals surface area contributed by atoms with Gasteiger partial charge in [0, 0.05) is 17.5 Å². The Bertz CT molecular complexity index is 3430. The van der Waals surface area contributed by atoms with E-state index in [9.17, 15) is 25.4 Å². The van der Waals surface area contributed by atoms with Crippen LogP contribution in [0.15, 0.2) is 132 Å². The fraction of sp³-hybridized carbons (Fsp3) is 0.163. The number of nitro benzene ring substituents is 1. The number of benzene rings is 7. The largest absolute Gasteiger partial charge is 0.505 e. The van der Waals surface area contributed by atoms with Gasteiger partial charge in [-0.2, -0.15) is 30.2 Å². The highest BCUT2D eigenvalue weighted by Gasteiger charge is 2.20. The molecule has 0 aliphatic carbocycles. The number of rotatable bonds is 10. The van der Waals surface area contributed by atoms with E-state index in [-0.39, 0.29) is 40.1 Å². The van der Waals surface area contributed by atoms with Gasteiger partial charge in [0.1, 0.15) is 17.1 Å². The first-order valence-corrected chi connectivity index (χ1v) is 20.7. The summed E-state index contributed by atoms with van der Waals surface area (Å²) in [5.41, 5.74) is 16.5. The molecular weight excluding hydrogens is 837 g/mol. The Morgan fingerprint density at radius 3 is 1.79 bits per heavy atom. The number of phenols is 2. The van der Waals surface area contributed by atoms with Gasteiger partial charge in [-0.3, -0.25) is 10.1 Å². The lowest BCUT2D eigenvalue weighted by Crippen LogP contribution is -1.95. The van der Waals surface area contributed by atoms with Crippen molar-refractivity contribution in [1.82, 2.24) is 9.78 Å². The Morgan fingerprint density at radius 2 is 1.12 bits per heavy atom. The van der Waals surface area contributed by atoms with Crippen molar-refractivity contribution in [2.24, 2.45) is 40.9 Å². The molecule has 8 aromatic rings. The predicted octanol–water partition coefficient (Wildman–Crippen LogP) is 14.9. The molecule has 0 radical (unpaired) electrons. The molecule has 0 bridgehead atoms. The van der Waals surface area contributed by atoms with Gasteiger partial charge in [-0.1, -0.05) is 17.7 Å². The van der Waals surface area contributed by atoms with Crippen LogP contribution in [0.5, 0.6) is 17.4 Å². The van der Waals surface area contributed by atoms with Crippen molar-refractivity contribution in [3.8, 4) is 23.1 Å². The van der Waals surface area contributed by atoms with Crippen molar-refractivity contribution in [1.29, 1.82) is 0 Å². The van der Waals surface area contributed by atoms with Gasteiger partial charge in [-0.25, -0.2) is 0 Å². The lowest BCUT2D eigenvalue weighted by Gasteiger charge is -2.14. The van der Waals surface area contributed by atoms with E-state index in [1.54, 1.807) is 57.2 Å². The number of anilines is 1. The minimum Gasteiger partial charge on any atom is -0.505 e. The van der Waals surface area contributed by atoms with E-state index in [4.69, 9.17) is 5.73 Å². The minimum atomic E-state index is -0.480. The summed E-state index contributed by atoms with van der Waals surface area (Å²) in [6, 6.07) is 26.2. The van der Waals surface area contributed by atoms with Crippen LogP contribution in [-0.2, 0) is 0 Å². The van der Waals surface area contributed by atoms with Gasteiger partial charge in [-0.15, -0.1) is 20.5 Å². The first kappa shape index (κ1) is 43.9. The van der Waals surface area contributed by atoms with Crippen molar-refractivity contribution >= 4 is 78.4 Å². The number of hydrogen-bond donors (Lipinski definition) is 4. The van der Waals surface area contributed by atoms with Crippen molar-refractivity contribution < 1.29 is 20.2 Å². The van der Waals surface area contributed by atoms with Gasteiger partial charge in [0.25, 0.3) is 5.69 Å². The van der Waals surface area contributed by atoms with Crippen molar-refractivity contribution in [2.45, 2.75) is 55.4 Å². The molecule has 0 aliphatic rings. The third kappa shape index (κ3) is 8.27. The number of nitrogen functional groups attached to an aromatic ring is 1. The van der Waals surface area contributed by atoms with Crippen LogP contribution in [0, 0.1) is 65.5 Å². The van der Waals surface area contributed by atoms with Crippen LogP contribution in [0.3, 0.4) is 0 Å². The average molecular weight is 881 g/mol. The number of nitrogens with two attached hydrogens (primary N) is 1. The molecule has 0 amide bonds. The first-order valence-electron chi connectivity index (χ1n) is 20.7. The molecule has 8 rings (SSSR count). The number of aryl methyl sites for hydroxylation is 8. The normalized spacial score (nSPS) is 12.1. The predicted molar refractivity (Wildman–Crippen MR) is 255 cm³/mol. The Labute approximate surface area is 378 Å². The topological polar surface area (TPSA) is 247 Å². The summed E-state index contributed by atoms with van der Waals surface area (Å²) in [6.07, 6.45) is 0. The number of phenolic OH excluding ortho intramolecular Hbond substituents is 2. The maximum atomic E-state index is 11.5. The summed E-state index contributed by atoms with van der Waals surface area (Å²) in [6.45, 7) is 14.7. The van der Waals surface area contributed by atoms with Crippen molar-refractivity contribution in [3.05, 3.63) is 146 Å². The average Bonchev–Trinajstić information content (AvgIpc) is 3.56. The standard InChI is InChI=1S/C49H44N12O5/c1-24-9-12-33(13-10-24)60-49(64)46(31(8)59-60)58-53-38-16-11-32(19-26(38)3)51-56-44-29(6)22-37-30(7)40(18-15-35(37)47(44)62)54-55-41-23-25(2)36-21-28(5)45(48(63)42(36)43(41)50)57-52-39-17-14-34(61(65)66)20-27(39)4/h9-23,62-64H,50H2,1-8H3. The van der Waals surface area contributed by atoms with Crippen LogP contribution >= 0.6 is 0 Å². The number of non-ortho nitro benzene ring substituents is 1. The van der Waals surface area contributed by atoms with Crippen LogP contribution in [0.1, 0.15) is 44.6 Å². The van der Waals surface area contributed by atoms with Crippen LogP contribution in [-0.4, -0.2) is 30.0 Å². The molecule has 0 unspecified atom stereocenters. The lowest BCUT2D eigenvalue weighted by atomic mass is 9.98. The van der Waals surface area contributed by atoms with Crippen LogP contribution < -0.4 is 5.73 Å². The minimum absolute atomic E-state index is 0.0410. The number of fused-ring (bicyclic) bond motifs is 2. The molecule has 66 heavy (non-hydrogen) atoms. The molecule has 1 heterocycles. The number of nitro groups is 1. The maximum Gasteiger partial charge on any atom is 0.269 e. The summed E-state index contributed by atoms with van der Waals surface area (Å²) in [5, 5.41) is 87.1. The van der Waals surface area contributed by atoms with E-state index in [1.807, 2.05) is 71.0 Å². The summed E-state index contributed by atoms with van der Waals surface area (Å²) in [4.78, 5) is 10.7. The van der Waals surface area contributed by atoms with Gasteiger partial charge >= 0.3 is 0 Å². The molecule has 330 valence electrons. The molecule has 1 aromatic heterocycles. The summed E-state index contributed by atoms with van der Waals surface area (Å²) in [7, 11) is 0. The lowest BCUT2D eigenvalue weighted by molar-refractivity contribution is -0.384. The van der Waals surface area contributed by atoms with Gasteiger partial charge in [0.2, 0.25) is 5.88 Å². The third-order valence-electron chi connectivity index (χ3n) is 11.4. The van der Waals surface area contributed by atoms with E-state index in [1.165, 1.54) is 22.9 Å². The number of aromatic hydroxyl groups is 3. The molecule has 0 atom stereocenters. The molecule has 17 heteroatoms. The molecule has 5 N–H and O–H groups in total. The molecular formula is C49H44N12O5. The number of aromatic nitrogens is 2. The highest BCUT2D eigenvalue weighted by molar-refractivity contribution is 6.07. The number of azo groups is 4. The molecule has 0 saturated heterocycles. The SMILES string of the molecule is Cc1ccc(-n2nc(C)c(N=Nc3ccc(N=Nc4c(C)cc5c(C)c(N=Nc6cc(C)c7cc(C)c(N=Nc8ccc([N+](=O)[O-])cc8C)c(O)c7c6N)ccc5c4O)cc3C)c2O)cc1. The van der Waals surface area contributed by atoms with Crippen molar-refractivity contribution in [3.63, 3.8) is 0 Å². The fourth-order valence-corrected chi connectivity index (χ4v) is 7.61. The van der Waals surface area contributed by atoms with E-state index in [0.717, 1.165) is 27.6 Å². The second-order valence-electron chi connectivity index (χ2n) is 16.1. The second-order valence-corrected chi connectivity index (χ2v) is 16.1. The molecule has 17 nitrogen and oxygen atoms in total. The molecule has 0 saturated carbocycles. The number of nitrogens with zero attached hydrogens (tertiary/aromatic N) is 11. The monoisotopic (exact) mass is 880 g/mol. The molecule has 0 spiro atoms. The van der Waals surface area contributed by atoms with E-state index < -0.39 is 4.92 Å². The van der Waals surface area contributed by atoms with Crippen LogP contribution in [0.2, 0.25) is 0 Å². The zero-order chi connectivity index (χ0) is 47.1. The Balaban J connectivity index is 1.03. The molecule has 7 aromatic carbocycles. The smallest absolute Gasteiger partial charge is 0.269 e. The summed E-state index contributed by atoms with van der Waals surface area (Å²) < 4.78 is 1.43. The highest BCUT2D eigenvalue weighted by Crippen LogP contribution is 2.47. The Kier molecular flexibility index (Phi) is 11.6. The van der Waals surface area contributed by atoms with E-state index in [0.29, 0.717) is 78.4 Å². The van der Waals surface area contributed by atoms with E-state index in [2.05, 4.69) is 46.0 Å². The quantitative estimate of drug-likeness (QED) is 0.0447.